The Bertz CT molecular complexity index is 153. The fraction of sp³-hybridized carbons (Fsp3) is 1.00. The average Bonchev–Trinajstić information content (AvgIpc) is 2.72. The van der Waals surface area contributed by atoms with Gasteiger partial charge in [0.25, 0.3) is 0 Å². The van der Waals surface area contributed by atoms with Crippen LogP contribution in [0.1, 0.15) is 58.8 Å². The van der Waals surface area contributed by atoms with E-state index in [9.17, 15) is 0 Å². The van der Waals surface area contributed by atoms with Crippen molar-refractivity contribution in [3.8, 4) is 0 Å². The summed E-state index contributed by atoms with van der Waals surface area (Å²) in [6.45, 7) is 6.72. The molecule has 2 heteroatoms. The highest BCUT2D eigenvalue weighted by Crippen LogP contribution is 2.26. The van der Waals surface area contributed by atoms with E-state index in [0.717, 1.165) is 25.0 Å². The summed E-state index contributed by atoms with van der Waals surface area (Å²) in [5.41, 5.74) is 5.62. The van der Waals surface area contributed by atoms with Crippen LogP contribution in [-0.4, -0.2) is 30.1 Å². The molecule has 0 aliphatic heterocycles. The van der Waals surface area contributed by atoms with Gasteiger partial charge in [0.05, 0.1) is 0 Å². The topological polar surface area (TPSA) is 29.3 Å². The van der Waals surface area contributed by atoms with Crippen LogP contribution in [0.15, 0.2) is 0 Å². The van der Waals surface area contributed by atoms with Gasteiger partial charge in [-0.3, -0.25) is 4.90 Å². The highest BCUT2D eigenvalue weighted by Gasteiger charge is 2.25. The molecule has 1 aliphatic rings. The van der Waals surface area contributed by atoms with Crippen LogP contribution in [0.2, 0.25) is 0 Å². The zero-order chi connectivity index (χ0) is 11.1. The molecule has 1 saturated carbocycles. The van der Waals surface area contributed by atoms with Gasteiger partial charge in [0.1, 0.15) is 0 Å². The lowest BCUT2D eigenvalue weighted by molar-refractivity contribution is 0.137. The molecular formula is C13H28N2. The van der Waals surface area contributed by atoms with E-state index in [4.69, 9.17) is 5.73 Å². The maximum atomic E-state index is 5.62. The van der Waals surface area contributed by atoms with Crippen molar-refractivity contribution in [3.05, 3.63) is 0 Å². The van der Waals surface area contributed by atoms with Crippen molar-refractivity contribution in [3.63, 3.8) is 0 Å². The predicted octanol–water partition coefficient (Wildman–Crippen LogP) is 2.77. The summed E-state index contributed by atoms with van der Waals surface area (Å²) in [6.07, 6.45) is 9.49. The lowest BCUT2D eigenvalue weighted by Gasteiger charge is -2.34. The molecule has 1 atom stereocenters. The fourth-order valence-electron chi connectivity index (χ4n) is 2.86. The Morgan fingerprint density at radius 2 is 2.00 bits per heavy atom. The van der Waals surface area contributed by atoms with Gasteiger partial charge in [-0.15, -0.1) is 0 Å². The smallest absolute Gasteiger partial charge is 0.00980 e. The lowest BCUT2D eigenvalue weighted by Crippen LogP contribution is -2.41. The summed E-state index contributed by atoms with van der Waals surface area (Å²) < 4.78 is 0. The van der Waals surface area contributed by atoms with Crippen LogP contribution >= 0.6 is 0 Å². The Morgan fingerprint density at radius 3 is 2.53 bits per heavy atom. The number of nitrogens with zero attached hydrogens (tertiary/aromatic N) is 1. The largest absolute Gasteiger partial charge is 0.330 e. The zero-order valence-electron chi connectivity index (χ0n) is 10.5. The summed E-state index contributed by atoms with van der Waals surface area (Å²) in [5, 5.41) is 0. The molecule has 1 fully saturated rings. The quantitative estimate of drug-likeness (QED) is 0.703. The second-order valence-electron chi connectivity index (χ2n) is 4.96. The first-order chi connectivity index (χ1) is 7.29. The minimum absolute atomic E-state index is 0.754. The molecule has 1 aliphatic carbocycles. The van der Waals surface area contributed by atoms with E-state index >= 15 is 0 Å². The number of hydrogen-bond acceptors (Lipinski definition) is 2. The standard InChI is InChI=1S/C13H28N2/c1-3-7-12(2)15(11-6-10-14)13-8-4-5-9-13/h12-13H,3-11,14H2,1-2H3. The van der Waals surface area contributed by atoms with E-state index in [1.165, 1.54) is 45.1 Å². The molecule has 15 heavy (non-hydrogen) atoms. The molecular weight excluding hydrogens is 184 g/mol. The molecule has 1 unspecified atom stereocenters. The molecule has 0 bridgehead atoms. The van der Waals surface area contributed by atoms with Gasteiger partial charge in [0.2, 0.25) is 0 Å². The Hall–Kier alpha value is -0.0800. The maximum absolute atomic E-state index is 5.62. The van der Waals surface area contributed by atoms with Crippen LogP contribution in [0.3, 0.4) is 0 Å². The van der Waals surface area contributed by atoms with Crippen LogP contribution < -0.4 is 5.73 Å². The third-order valence-corrected chi connectivity index (χ3v) is 3.69. The molecule has 1 rings (SSSR count). The van der Waals surface area contributed by atoms with Gasteiger partial charge in [0.15, 0.2) is 0 Å². The lowest BCUT2D eigenvalue weighted by atomic mass is 10.1. The normalized spacial score (nSPS) is 20.0. The first-order valence-electron chi connectivity index (χ1n) is 6.75. The number of nitrogens with two attached hydrogens (primary N) is 1. The van der Waals surface area contributed by atoms with Gasteiger partial charge in [-0.2, -0.15) is 0 Å². The Balaban J connectivity index is 2.42. The van der Waals surface area contributed by atoms with Gasteiger partial charge in [-0.05, 0) is 45.7 Å². The molecule has 90 valence electrons. The zero-order valence-corrected chi connectivity index (χ0v) is 10.5. The summed E-state index contributed by atoms with van der Waals surface area (Å²) in [6, 6.07) is 1.61. The van der Waals surface area contributed by atoms with Gasteiger partial charge in [0, 0.05) is 12.1 Å². The second-order valence-corrected chi connectivity index (χ2v) is 4.96. The molecule has 0 aromatic rings. The first kappa shape index (κ1) is 13.0. The van der Waals surface area contributed by atoms with Gasteiger partial charge < -0.3 is 5.73 Å². The molecule has 0 aromatic heterocycles. The Labute approximate surface area is 95.2 Å². The van der Waals surface area contributed by atoms with Crippen LogP contribution in [0, 0.1) is 0 Å². The van der Waals surface area contributed by atoms with E-state index in [1.54, 1.807) is 0 Å². The molecule has 2 nitrogen and oxygen atoms in total. The van der Waals surface area contributed by atoms with Crippen molar-refractivity contribution < 1.29 is 0 Å². The van der Waals surface area contributed by atoms with Gasteiger partial charge >= 0.3 is 0 Å². The third-order valence-electron chi connectivity index (χ3n) is 3.69. The minimum Gasteiger partial charge on any atom is -0.330 e. The third kappa shape index (κ3) is 4.12. The monoisotopic (exact) mass is 212 g/mol. The van der Waals surface area contributed by atoms with Crippen molar-refractivity contribution in [1.82, 2.24) is 4.90 Å². The van der Waals surface area contributed by atoms with E-state index in [-0.39, 0.29) is 0 Å². The SMILES string of the molecule is CCCC(C)N(CCCN)C1CCCC1. The second kappa shape index (κ2) is 7.24. The molecule has 0 heterocycles. The highest BCUT2D eigenvalue weighted by molar-refractivity contribution is 4.81. The van der Waals surface area contributed by atoms with E-state index < -0.39 is 0 Å². The highest BCUT2D eigenvalue weighted by atomic mass is 15.2. The number of rotatable bonds is 7. The van der Waals surface area contributed by atoms with Crippen molar-refractivity contribution >= 4 is 0 Å². The molecule has 0 amide bonds. The van der Waals surface area contributed by atoms with Crippen LogP contribution in [0.5, 0.6) is 0 Å². The summed E-state index contributed by atoms with van der Waals surface area (Å²) in [4.78, 5) is 2.73. The summed E-state index contributed by atoms with van der Waals surface area (Å²) in [5.74, 6) is 0. The molecule has 0 saturated heterocycles. The molecule has 2 N–H and O–H groups in total. The van der Waals surface area contributed by atoms with Crippen LogP contribution in [-0.2, 0) is 0 Å². The minimum atomic E-state index is 0.754. The fourth-order valence-corrected chi connectivity index (χ4v) is 2.86. The van der Waals surface area contributed by atoms with E-state index in [0.29, 0.717) is 0 Å². The predicted molar refractivity (Wildman–Crippen MR) is 67.0 cm³/mol. The van der Waals surface area contributed by atoms with E-state index in [1.807, 2.05) is 0 Å². The average molecular weight is 212 g/mol. The summed E-state index contributed by atoms with van der Waals surface area (Å²) >= 11 is 0. The summed E-state index contributed by atoms with van der Waals surface area (Å²) in [7, 11) is 0. The van der Waals surface area contributed by atoms with Gasteiger partial charge in [-0.1, -0.05) is 26.2 Å². The van der Waals surface area contributed by atoms with Crippen LogP contribution in [0.25, 0.3) is 0 Å². The Morgan fingerprint density at radius 1 is 1.33 bits per heavy atom. The maximum Gasteiger partial charge on any atom is 0.00980 e. The molecule has 0 aromatic carbocycles. The van der Waals surface area contributed by atoms with Crippen molar-refractivity contribution in [2.24, 2.45) is 5.73 Å². The molecule has 0 radical (unpaired) electrons. The van der Waals surface area contributed by atoms with Crippen molar-refractivity contribution in [1.29, 1.82) is 0 Å². The molecule has 0 spiro atoms. The van der Waals surface area contributed by atoms with Crippen molar-refractivity contribution in [2.45, 2.75) is 70.9 Å². The Kier molecular flexibility index (Phi) is 6.26. The number of hydrogen-bond donors (Lipinski definition) is 1. The van der Waals surface area contributed by atoms with Crippen molar-refractivity contribution in [2.75, 3.05) is 13.1 Å². The van der Waals surface area contributed by atoms with Gasteiger partial charge in [-0.25, -0.2) is 0 Å². The van der Waals surface area contributed by atoms with E-state index in [2.05, 4.69) is 18.7 Å². The van der Waals surface area contributed by atoms with Crippen LogP contribution in [0.4, 0.5) is 0 Å². The first-order valence-corrected chi connectivity index (χ1v) is 6.75.